The van der Waals surface area contributed by atoms with E-state index in [0.717, 1.165) is 5.56 Å². The number of aliphatic hydroxyl groups is 1. The maximum absolute atomic E-state index is 11.7. The van der Waals surface area contributed by atoms with Crippen LogP contribution in [0.4, 0.5) is 4.79 Å². The van der Waals surface area contributed by atoms with Crippen molar-refractivity contribution in [1.29, 1.82) is 0 Å². The Kier molecular flexibility index (Phi) is 6.42. The van der Waals surface area contributed by atoms with Crippen molar-refractivity contribution < 1.29 is 9.90 Å². The van der Waals surface area contributed by atoms with Crippen molar-refractivity contribution in [2.24, 2.45) is 0 Å². The molecule has 0 aromatic heterocycles. The van der Waals surface area contributed by atoms with Gasteiger partial charge in [0.15, 0.2) is 0 Å². The van der Waals surface area contributed by atoms with E-state index in [1.165, 1.54) is 4.90 Å². The second-order valence-corrected chi connectivity index (χ2v) is 5.23. The molecule has 19 heavy (non-hydrogen) atoms. The minimum atomic E-state index is -0.547. The zero-order chi connectivity index (χ0) is 14.4. The fourth-order valence-electron chi connectivity index (χ4n) is 1.68. The summed E-state index contributed by atoms with van der Waals surface area (Å²) in [7, 11) is 1.63. The average Bonchev–Trinajstić information content (AvgIpc) is 2.31. The Balaban J connectivity index is 2.44. The van der Waals surface area contributed by atoms with Crippen LogP contribution in [0.25, 0.3) is 0 Å². The lowest BCUT2D eigenvalue weighted by Gasteiger charge is -2.19. The summed E-state index contributed by atoms with van der Waals surface area (Å²) in [6, 6.07) is 5.08. The summed E-state index contributed by atoms with van der Waals surface area (Å²) in [5.41, 5.74) is 0.823. The van der Waals surface area contributed by atoms with Gasteiger partial charge in [0.2, 0.25) is 0 Å². The van der Waals surface area contributed by atoms with Crippen LogP contribution < -0.4 is 5.32 Å². The number of benzene rings is 1. The van der Waals surface area contributed by atoms with Gasteiger partial charge in [-0.05, 0) is 31.0 Å². The quantitative estimate of drug-likeness (QED) is 0.878. The van der Waals surface area contributed by atoms with E-state index in [0.29, 0.717) is 29.6 Å². The van der Waals surface area contributed by atoms with E-state index in [2.05, 4.69) is 5.32 Å². The number of likely N-dealkylation sites (N-methyl/N-ethyl adjacent to an activating group) is 1. The molecule has 1 unspecified atom stereocenters. The minimum Gasteiger partial charge on any atom is -0.392 e. The molecule has 2 amide bonds. The highest BCUT2D eigenvalue weighted by Gasteiger charge is 2.11. The molecule has 0 aliphatic rings. The second kappa shape index (κ2) is 7.58. The first-order chi connectivity index (χ1) is 8.91. The molecule has 106 valence electrons. The minimum absolute atomic E-state index is 0.232. The van der Waals surface area contributed by atoms with Crippen molar-refractivity contribution in [3.05, 3.63) is 33.8 Å². The molecule has 0 heterocycles. The first-order valence-electron chi connectivity index (χ1n) is 6.01. The predicted molar refractivity (Wildman–Crippen MR) is 77.9 cm³/mol. The molecular formula is C13H18Cl2N2O2. The fraction of sp³-hybridized carbons (Fsp3) is 0.462. The van der Waals surface area contributed by atoms with E-state index >= 15 is 0 Å². The third kappa shape index (κ3) is 5.27. The van der Waals surface area contributed by atoms with E-state index < -0.39 is 6.10 Å². The summed E-state index contributed by atoms with van der Waals surface area (Å²) < 4.78 is 0. The summed E-state index contributed by atoms with van der Waals surface area (Å²) in [5, 5.41) is 13.1. The van der Waals surface area contributed by atoms with Gasteiger partial charge in [-0.25, -0.2) is 4.79 Å². The highest BCUT2D eigenvalue weighted by molar-refractivity contribution is 6.35. The van der Waals surface area contributed by atoms with Crippen molar-refractivity contribution in [2.45, 2.75) is 19.4 Å². The third-order valence-electron chi connectivity index (χ3n) is 2.60. The number of carbonyl (C=O) groups is 1. The first kappa shape index (κ1) is 16.1. The Labute approximate surface area is 123 Å². The summed E-state index contributed by atoms with van der Waals surface area (Å²) >= 11 is 12.1. The predicted octanol–water partition coefficient (Wildman–Crippen LogP) is 2.56. The van der Waals surface area contributed by atoms with Gasteiger partial charge in [0.1, 0.15) is 0 Å². The van der Waals surface area contributed by atoms with Crippen molar-refractivity contribution >= 4 is 29.2 Å². The number of hydrogen-bond acceptors (Lipinski definition) is 2. The molecule has 0 fully saturated rings. The molecule has 6 heteroatoms. The second-order valence-electron chi connectivity index (χ2n) is 4.41. The summed E-state index contributed by atoms with van der Waals surface area (Å²) in [5.74, 6) is 0. The molecule has 0 bridgehead atoms. The molecule has 0 spiro atoms. The van der Waals surface area contributed by atoms with Crippen molar-refractivity contribution in [2.75, 3.05) is 20.1 Å². The Morgan fingerprint density at radius 3 is 2.53 bits per heavy atom. The van der Waals surface area contributed by atoms with Crippen molar-refractivity contribution in [3.8, 4) is 0 Å². The van der Waals surface area contributed by atoms with Gasteiger partial charge in [0, 0.05) is 30.2 Å². The van der Waals surface area contributed by atoms with Gasteiger partial charge in [-0.15, -0.1) is 0 Å². The van der Waals surface area contributed by atoms with Gasteiger partial charge in [0.25, 0.3) is 0 Å². The van der Waals surface area contributed by atoms with E-state index in [-0.39, 0.29) is 6.03 Å². The van der Waals surface area contributed by atoms with Crippen LogP contribution in [0.1, 0.15) is 12.5 Å². The Hall–Kier alpha value is -0.970. The van der Waals surface area contributed by atoms with E-state index in [1.54, 1.807) is 32.2 Å². The Morgan fingerprint density at radius 1 is 1.42 bits per heavy atom. The molecule has 0 saturated carbocycles. The van der Waals surface area contributed by atoms with E-state index in [9.17, 15) is 9.90 Å². The van der Waals surface area contributed by atoms with Crippen LogP contribution in [0.2, 0.25) is 10.0 Å². The molecule has 1 aromatic rings. The zero-order valence-corrected chi connectivity index (χ0v) is 12.5. The number of hydrogen-bond donors (Lipinski definition) is 2. The van der Waals surface area contributed by atoms with Gasteiger partial charge in [-0.2, -0.15) is 0 Å². The molecule has 1 aromatic carbocycles. The average molecular weight is 305 g/mol. The van der Waals surface area contributed by atoms with Crippen LogP contribution in [0.15, 0.2) is 18.2 Å². The number of nitrogens with one attached hydrogen (secondary N) is 1. The number of aliphatic hydroxyl groups excluding tert-OH is 1. The van der Waals surface area contributed by atoms with Gasteiger partial charge in [-0.1, -0.05) is 29.3 Å². The Morgan fingerprint density at radius 2 is 2.00 bits per heavy atom. The standard InChI is InChI=1S/C13H18Cl2N2O2/c1-9(18)8-17(2)13(19)16-7-6-10-11(14)4-3-5-12(10)15/h3-5,9,18H,6-8H2,1-2H3,(H,16,19). The van der Waals surface area contributed by atoms with Gasteiger partial charge in [0.05, 0.1) is 6.10 Å². The van der Waals surface area contributed by atoms with Crippen LogP contribution in [0, 0.1) is 0 Å². The molecule has 4 nitrogen and oxygen atoms in total. The SMILES string of the molecule is CC(O)CN(C)C(=O)NCCc1c(Cl)cccc1Cl. The number of carbonyl (C=O) groups excluding carboxylic acids is 1. The molecule has 1 rings (SSSR count). The molecule has 0 radical (unpaired) electrons. The van der Waals surface area contributed by atoms with Crippen LogP contribution in [0.3, 0.4) is 0 Å². The lowest BCUT2D eigenvalue weighted by molar-refractivity contribution is 0.144. The molecule has 0 aliphatic heterocycles. The highest BCUT2D eigenvalue weighted by Crippen LogP contribution is 2.24. The number of urea groups is 1. The largest absolute Gasteiger partial charge is 0.392 e. The Bertz CT molecular complexity index is 418. The normalized spacial score (nSPS) is 12.1. The van der Waals surface area contributed by atoms with Crippen molar-refractivity contribution in [1.82, 2.24) is 10.2 Å². The van der Waals surface area contributed by atoms with Gasteiger partial charge < -0.3 is 15.3 Å². The topological polar surface area (TPSA) is 52.6 Å². The van der Waals surface area contributed by atoms with Gasteiger partial charge >= 0.3 is 6.03 Å². The van der Waals surface area contributed by atoms with Crippen LogP contribution in [0.5, 0.6) is 0 Å². The molecular weight excluding hydrogens is 287 g/mol. The van der Waals surface area contributed by atoms with Crippen LogP contribution >= 0.6 is 23.2 Å². The number of rotatable bonds is 5. The number of nitrogens with zero attached hydrogens (tertiary/aromatic N) is 1. The molecule has 2 N–H and O–H groups in total. The maximum atomic E-state index is 11.7. The lowest BCUT2D eigenvalue weighted by Crippen LogP contribution is -2.41. The smallest absolute Gasteiger partial charge is 0.317 e. The number of halogens is 2. The van der Waals surface area contributed by atoms with Crippen LogP contribution in [-0.2, 0) is 6.42 Å². The monoisotopic (exact) mass is 304 g/mol. The highest BCUT2D eigenvalue weighted by atomic mass is 35.5. The van der Waals surface area contributed by atoms with Crippen LogP contribution in [-0.4, -0.2) is 42.3 Å². The van der Waals surface area contributed by atoms with Crippen molar-refractivity contribution in [3.63, 3.8) is 0 Å². The fourth-order valence-corrected chi connectivity index (χ4v) is 2.27. The maximum Gasteiger partial charge on any atom is 0.317 e. The summed E-state index contributed by atoms with van der Waals surface area (Å²) in [6.07, 6.45) is 0.0148. The van der Waals surface area contributed by atoms with E-state index in [1.807, 2.05) is 0 Å². The summed E-state index contributed by atoms with van der Waals surface area (Å²) in [6.45, 7) is 2.36. The molecule has 1 atom stereocenters. The summed E-state index contributed by atoms with van der Waals surface area (Å²) in [4.78, 5) is 13.1. The van der Waals surface area contributed by atoms with E-state index in [4.69, 9.17) is 23.2 Å². The third-order valence-corrected chi connectivity index (χ3v) is 3.31. The first-order valence-corrected chi connectivity index (χ1v) is 6.77. The number of amides is 2. The lowest BCUT2D eigenvalue weighted by atomic mass is 10.1. The van der Waals surface area contributed by atoms with Gasteiger partial charge in [-0.3, -0.25) is 0 Å². The molecule has 0 saturated heterocycles. The molecule has 0 aliphatic carbocycles. The zero-order valence-electron chi connectivity index (χ0n) is 11.0.